The van der Waals surface area contributed by atoms with Gasteiger partial charge >= 0.3 is 0 Å². The van der Waals surface area contributed by atoms with Crippen LogP contribution in [0.2, 0.25) is 0 Å². The summed E-state index contributed by atoms with van der Waals surface area (Å²) >= 11 is 5.28. The first-order valence-corrected chi connectivity index (χ1v) is 10.7. The zero-order chi connectivity index (χ0) is 19.7. The van der Waals surface area contributed by atoms with E-state index < -0.39 is 0 Å². The van der Waals surface area contributed by atoms with E-state index in [4.69, 9.17) is 4.98 Å². The van der Waals surface area contributed by atoms with E-state index in [0.29, 0.717) is 17.8 Å². The molecular formula is C22H20BrN3OS. The van der Waals surface area contributed by atoms with Crippen molar-refractivity contribution >= 4 is 53.3 Å². The number of rotatable bonds is 5. The maximum Gasteiger partial charge on any atom is 0.254 e. The van der Waals surface area contributed by atoms with Crippen molar-refractivity contribution in [1.29, 1.82) is 0 Å². The Balaban J connectivity index is 1.95. The number of thiophene rings is 1. The predicted molar refractivity (Wildman–Crippen MR) is 121 cm³/mol. The van der Waals surface area contributed by atoms with Crippen molar-refractivity contribution in [3.8, 4) is 11.3 Å². The lowest BCUT2D eigenvalue weighted by Crippen LogP contribution is -2.31. The van der Waals surface area contributed by atoms with Crippen LogP contribution in [0.5, 0.6) is 0 Å². The summed E-state index contributed by atoms with van der Waals surface area (Å²) in [6.45, 7) is 1.36. The minimum Gasteiger partial charge on any atom is -0.351 e. The van der Waals surface area contributed by atoms with Crippen molar-refractivity contribution < 1.29 is 4.79 Å². The number of amides is 1. The Bertz CT molecular complexity index is 1170. The molecule has 142 valence electrons. The van der Waals surface area contributed by atoms with Crippen LogP contribution in [0.15, 0.2) is 59.2 Å². The quantitative estimate of drug-likeness (QED) is 0.453. The monoisotopic (exact) mass is 453 g/mol. The lowest BCUT2D eigenvalue weighted by Gasteiger charge is -2.14. The van der Waals surface area contributed by atoms with Gasteiger partial charge in [0.2, 0.25) is 0 Å². The zero-order valence-corrected chi connectivity index (χ0v) is 18.1. The fraction of sp³-hybridized carbons (Fsp3) is 0.182. The number of benzene rings is 2. The SMILES string of the molecule is CN(C)CCNC(=O)c1c(-c2ccccc2Br)ncc2sc3ccccc3c12. The number of likely N-dealkylation sites (N-methyl/N-ethyl adjacent to an activating group) is 1. The normalized spacial score (nSPS) is 11.4. The maximum atomic E-state index is 13.3. The molecular weight excluding hydrogens is 434 g/mol. The maximum absolute atomic E-state index is 13.3. The van der Waals surface area contributed by atoms with E-state index in [-0.39, 0.29) is 5.91 Å². The first-order valence-electron chi connectivity index (χ1n) is 9.04. The van der Waals surface area contributed by atoms with Gasteiger partial charge in [0, 0.05) is 44.8 Å². The molecule has 0 radical (unpaired) electrons. The van der Waals surface area contributed by atoms with Crippen LogP contribution >= 0.6 is 27.3 Å². The summed E-state index contributed by atoms with van der Waals surface area (Å²) in [5, 5.41) is 5.14. The summed E-state index contributed by atoms with van der Waals surface area (Å²) in [4.78, 5) is 20.1. The molecule has 28 heavy (non-hydrogen) atoms. The largest absolute Gasteiger partial charge is 0.351 e. The molecule has 0 spiro atoms. The zero-order valence-electron chi connectivity index (χ0n) is 15.7. The number of carbonyl (C=O) groups is 1. The molecule has 2 aromatic heterocycles. The summed E-state index contributed by atoms with van der Waals surface area (Å²) in [5.74, 6) is -0.0887. The highest BCUT2D eigenvalue weighted by Crippen LogP contribution is 2.40. The van der Waals surface area contributed by atoms with Crippen LogP contribution < -0.4 is 5.32 Å². The third-order valence-electron chi connectivity index (χ3n) is 4.62. The molecule has 0 saturated heterocycles. The minimum absolute atomic E-state index is 0.0887. The number of fused-ring (bicyclic) bond motifs is 3. The molecule has 1 amide bonds. The first kappa shape index (κ1) is 19.1. The van der Waals surface area contributed by atoms with Gasteiger partial charge in [0.05, 0.1) is 16.0 Å². The second-order valence-electron chi connectivity index (χ2n) is 6.86. The van der Waals surface area contributed by atoms with Crippen LogP contribution in [0.4, 0.5) is 0 Å². The second-order valence-corrected chi connectivity index (χ2v) is 8.80. The smallest absolute Gasteiger partial charge is 0.254 e. The Morgan fingerprint density at radius 2 is 1.86 bits per heavy atom. The predicted octanol–water partition coefficient (Wildman–Crippen LogP) is 5.17. The molecule has 0 aliphatic heterocycles. The highest BCUT2D eigenvalue weighted by Gasteiger charge is 2.22. The topological polar surface area (TPSA) is 45.2 Å². The Hall–Kier alpha value is -2.28. The van der Waals surface area contributed by atoms with Gasteiger partial charge in [0.15, 0.2) is 0 Å². The Labute approximate surface area is 176 Å². The molecule has 4 rings (SSSR count). The highest BCUT2D eigenvalue weighted by molar-refractivity contribution is 9.10. The van der Waals surface area contributed by atoms with E-state index in [1.54, 1.807) is 11.3 Å². The molecule has 0 bridgehead atoms. The lowest BCUT2D eigenvalue weighted by molar-refractivity contribution is 0.0953. The molecule has 4 nitrogen and oxygen atoms in total. The van der Waals surface area contributed by atoms with Crippen molar-refractivity contribution in [2.45, 2.75) is 0 Å². The number of halogens is 1. The van der Waals surface area contributed by atoms with Gasteiger partial charge in [0.25, 0.3) is 5.91 Å². The molecule has 0 unspecified atom stereocenters. The Kier molecular flexibility index (Phi) is 5.44. The van der Waals surface area contributed by atoms with Crippen molar-refractivity contribution in [3.05, 3.63) is 64.8 Å². The molecule has 0 fully saturated rings. The van der Waals surface area contributed by atoms with E-state index in [1.807, 2.05) is 61.6 Å². The van der Waals surface area contributed by atoms with Crippen molar-refractivity contribution in [3.63, 3.8) is 0 Å². The van der Waals surface area contributed by atoms with Gasteiger partial charge < -0.3 is 10.2 Å². The highest BCUT2D eigenvalue weighted by atomic mass is 79.9. The molecule has 2 aromatic carbocycles. The number of nitrogens with zero attached hydrogens (tertiary/aromatic N) is 2. The standard InChI is InChI=1S/C22H20BrN3OS/c1-26(2)12-11-24-22(27)20-19-15-8-4-6-10-17(15)28-18(19)13-25-21(20)14-7-3-5-9-16(14)23/h3-10,13H,11-12H2,1-2H3,(H,24,27). The molecule has 2 heterocycles. The van der Waals surface area contributed by atoms with E-state index in [0.717, 1.165) is 36.8 Å². The van der Waals surface area contributed by atoms with E-state index in [2.05, 4.69) is 33.4 Å². The van der Waals surface area contributed by atoms with Crippen LogP contribution in [0.1, 0.15) is 10.4 Å². The van der Waals surface area contributed by atoms with Gasteiger partial charge in [-0.25, -0.2) is 0 Å². The molecule has 0 saturated carbocycles. The van der Waals surface area contributed by atoms with Gasteiger partial charge in [-0.15, -0.1) is 11.3 Å². The average Bonchev–Trinajstić information content (AvgIpc) is 3.06. The van der Waals surface area contributed by atoms with E-state index in [9.17, 15) is 4.79 Å². The minimum atomic E-state index is -0.0887. The van der Waals surface area contributed by atoms with Gasteiger partial charge in [-0.1, -0.05) is 52.3 Å². The fourth-order valence-corrected chi connectivity index (χ4v) is 4.83. The molecule has 0 aliphatic rings. The number of nitrogens with one attached hydrogen (secondary N) is 1. The molecule has 6 heteroatoms. The number of carbonyl (C=O) groups excluding carboxylic acids is 1. The van der Waals surface area contributed by atoms with Gasteiger partial charge in [-0.05, 0) is 26.2 Å². The number of hydrogen-bond donors (Lipinski definition) is 1. The summed E-state index contributed by atoms with van der Waals surface area (Å²) in [7, 11) is 3.99. The number of aromatic nitrogens is 1. The van der Waals surface area contributed by atoms with E-state index >= 15 is 0 Å². The molecule has 1 N–H and O–H groups in total. The van der Waals surface area contributed by atoms with Gasteiger partial charge in [0.1, 0.15) is 0 Å². The number of pyridine rings is 1. The average molecular weight is 454 g/mol. The third kappa shape index (κ3) is 3.55. The first-order chi connectivity index (χ1) is 13.6. The Morgan fingerprint density at radius 3 is 2.64 bits per heavy atom. The van der Waals surface area contributed by atoms with Crippen LogP contribution in [-0.2, 0) is 0 Å². The van der Waals surface area contributed by atoms with E-state index in [1.165, 1.54) is 0 Å². The van der Waals surface area contributed by atoms with Gasteiger partial charge in [-0.3, -0.25) is 9.78 Å². The summed E-state index contributed by atoms with van der Waals surface area (Å²) in [5.41, 5.74) is 2.25. The van der Waals surface area contributed by atoms with Crippen molar-refractivity contribution in [2.24, 2.45) is 0 Å². The Morgan fingerprint density at radius 1 is 1.11 bits per heavy atom. The molecule has 0 atom stereocenters. The van der Waals surface area contributed by atoms with Crippen LogP contribution in [0.3, 0.4) is 0 Å². The summed E-state index contributed by atoms with van der Waals surface area (Å²) < 4.78 is 3.10. The summed E-state index contributed by atoms with van der Waals surface area (Å²) in [6.07, 6.45) is 1.88. The lowest BCUT2D eigenvalue weighted by atomic mass is 10.00. The van der Waals surface area contributed by atoms with Crippen LogP contribution in [0.25, 0.3) is 31.4 Å². The van der Waals surface area contributed by atoms with Crippen molar-refractivity contribution in [2.75, 3.05) is 27.2 Å². The van der Waals surface area contributed by atoms with Crippen LogP contribution in [0, 0.1) is 0 Å². The van der Waals surface area contributed by atoms with Crippen molar-refractivity contribution in [1.82, 2.24) is 15.2 Å². The second kappa shape index (κ2) is 7.99. The van der Waals surface area contributed by atoms with Crippen LogP contribution in [-0.4, -0.2) is 43.0 Å². The fourth-order valence-electron chi connectivity index (χ4n) is 3.28. The van der Waals surface area contributed by atoms with Gasteiger partial charge in [-0.2, -0.15) is 0 Å². The number of hydrogen-bond acceptors (Lipinski definition) is 4. The molecule has 4 aromatic rings. The summed E-state index contributed by atoms with van der Waals surface area (Å²) in [6, 6.07) is 16.1. The third-order valence-corrected chi connectivity index (χ3v) is 6.42. The molecule has 0 aliphatic carbocycles.